The molecule has 0 bridgehead atoms. The van der Waals surface area contributed by atoms with E-state index in [9.17, 15) is 0 Å². The Morgan fingerprint density at radius 3 is 2.90 bits per heavy atom. The van der Waals surface area contributed by atoms with Crippen LogP contribution in [-0.2, 0) is 6.54 Å². The first-order valence-corrected chi connectivity index (χ1v) is 7.93. The molecule has 0 N–H and O–H groups in total. The summed E-state index contributed by atoms with van der Waals surface area (Å²) in [4.78, 5) is 4.57. The van der Waals surface area contributed by atoms with Crippen molar-refractivity contribution < 1.29 is 0 Å². The van der Waals surface area contributed by atoms with E-state index in [2.05, 4.69) is 31.6 Å². The maximum atomic E-state index is 4.57. The van der Waals surface area contributed by atoms with Gasteiger partial charge in [0.25, 0.3) is 0 Å². The third-order valence-corrected chi connectivity index (χ3v) is 4.28. The van der Waals surface area contributed by atoms with Crippen molar-refractivity contribution in [1.29, 1.82) is 0 Å². The van der Waals surface area contributed by atoms with Crippen molar-refractivity contribution >= 4 is 28.1 Å². The predicted octanol–water partition coefficient (Wildman–Crippen LogP) is 4.32. The minimum atomic E-state index is 0.649. The second kappa shape index (κ2) is 5.85. The van der Waals surface area contributed by atoms with Crippen molar-refractivity contribution in [3.63, 3.8) is 0 Å². The highest BCUT2D eigenvalue weighted by molar-refractivity contribution is 7.10. The molecule has 0 radical (unpaired) electrons. The second-order valence-electron chi connectivity index (χ2n) is 5.14. The number of fused-ring (bicyclic) bond motifs is 1. The van der Waals surface area contributed by atoms with E-state index in [1.807, 2.05) is 18.5 Å². The van der Waals surface area contributed by atoms with Crippen LogP contribution in [0, 0.1) is 13.8 Å². The van der Waals surface area contributed by atoms with Crippen LogP contribution in [0.2, 0.25) is 0 Å². The molecule has 0 saturated heterocycles. The summed E-state index contributed by atoms with van der Waals surface area (Å²) in [7, 11) is 0. The van der Waals surface area contributed by atoms with Crippen LogP contribution in [-0.4, -0.2) is 20.0 Å². The van der Waals surface area contributed by atoms with Gasteiger partial charge in [-0.15, -0.1) is 10.2 Å². The van der Waals surface area contributed by atoms with Gasteiger partial charge in [-0.05, 0) is 31.8 Å². The highest BCUT2D eigenvalue weighted by atomic mass is 32.1. The van der Waals surface area contributed by atoms with Gasteiger partial charge in [-0.1, -0.05) is 13.3 Å². The molecule has 7 heteroatoms. The van der Waals surface area contributed by atoms with Crippen LogP contribution in [0.5, 0.6) is 0 Å². The Morgan fingerprint density at radius 1 is 1.33 bits per heavy atom. The summed E-state index contributed by atoms with van der Waals surface area (Å²) in [5.41, 5.74) is 3.84. The lowest BCUT2D eigenvalue weighted by molar-refractivity contribution is 0.796. The summed E-state index contributed by atoms with van der Waals surface area (Å²) in [6, 6.07) is 0. The van der Waals surface area contributed by atoms with Gasteiger partial charge in [0.2, 0.25) is 0 Å². The zero-order valence-electron chi connectivity index (χ0n) is 12.5. The first kappa shape index (κ1) is 14.1. The molecule has 2 aromatic rings. The van der Waals surface area contributed by atoms with Gasteiger partial charge >= 0.3 is 0 Å². The lowest BCUT2D eigenvalue weighted by Crippen LogP contribution is -2.10. The maximum Gasteiger partial charge on any atom is 0.161 e. The van der Waals surface area contributed by atoms with Crippen molar-refractivity contribution in [2.75, 3.05) is 0 Å². The summed E-state index contributed by atoms with van der Waals surface area (Å²) < 4.78 is 6.05. The lowest BCUT2D eigenvalue weighted by Gasteiger charge is -2.00. The summed E-state index contributed by atoms with van der Waals surface area (Å²) >= 11 is 1.36. The van der Waals surface area contributed by atoms with Crippen LogP contribution in [0.4, 0.5) is 10.7 Å². The Labute approximate surface area is 127 Å². The molecule has 6 nitrogen and oxygen atoms in total. The van der Waals surface area contributed by atoms with Crippen LogP contribution in [0.25, 0.3) is 0 Å². The number of aryl methyl sites for hydroxylation is 2. The van der Waals surface area contributed by atoms with Gasteiger partial charge in [0, 0.05) is 18.2 Å². The Hall–Kier alpha value is -1.89. The van der Waals surface area contributed by atoms with Crippen molar-refractivity contribution in [3.05, 3.63) is 23.1 Å². The Morgan fingerprint density at radius 2 is 2.19 bits per heavy atom. The van der Waals surface area contributed by atoms with Crippen LogP contribution in [0.3, 0.4) is 0 Å². The van der Waals surface area contributed by atoms with Gasteiger partial charge in [-0.3, -0.25) is 4.99 Å². The second-order valence-corrected chi connectivity index (χ2v) is 5.92. The highest BCUT2D eigenvalue weighted by Gasteiger charge is 2.22. The number of hydrogen-bond acceptors (Lipinski definition) is 6. The quantitative estimate of drug-likeness (QED) is 0.772. The van der Waals surface area contributed by atoms with Crippen LogP contribution in [0.1, 0.15) is 43.1 Å². The van der Waals surface area contributed by atoms with E-state index in [1.54, 1.807) is 6.20 Å². The molecule has 21 heavy (non-hydrogen) atoms. The first-order valence-electron chi connectivity index (χ1n) is 7.16. The average Bonchev–Trinajstić information content (AvgIpc) is 3.12. The highest BCUT2D eigenvalue weighted by Crippen LogP contribution is 2.31. The fraction of sp³-hybridized carbons (Fsp3) is 0.500. The topological polar surface area (TPSA) is 67.8 Å². The van der Waals surface area contributed by atoms with E-state index < -0.39 is 0 Å². The summed E-state index contributed by atoms with van der Waals surface area (Å²) in [5, 5.41) is 14.1. The number of rotatable bonds is 5. The minimum absolute atomic E-state index is 0.649. The molecule has 1 aliphatic rings. The van der Waals surface area contributed by atoms with Crippen molar-refractivity contribution in [2.24, 2.45) is 15.2 Å². The Kier molecular flexibility index (Phi) is 3.92. The molecule has 3 heterocycles. The van der Waals surface area contributed by atoms with Gasteiger partial charge in [0.1, 0.15) is 11.5 Å². The molecule has 0 atom stereocenters. The lowest BCUT2D eigenvalue weighted by atomic mass is 10.2. The van der Waals surface area contributed by atoms with Gasteiger partial charge in [-0.25, -0.2) is 4.68 Å². The molecule has 0 amide bonds. The molecule has 110 valence electrons. The standard InChI is InChI=1S/C14H18N6S/c1-4-5-6-12-15-8-11-13(10(3)19-20(11)12)17-18-14-9(2)7-16-21-14/h7H,4-6,8H2,1-3H3. The average molecular weight is 302 g/mol. The van der Waals surface area contributed by atoms with E-state index in [0.29, 0.717) is 6.54 Å². The zero-order chi connectivity index (χ0) is 14.8. The molecular formula is C14H18N6S. The van der Waals surface area contributed by atoms with Gasteiger partial charge in [-0.2, -0.15) is 9.47 Å². The molecule has 0 spiro atoms. The zero-order valence-corrected chi connectivity index (χ0v) is 13.3. The largest absolute Gasteiger partial charge is 0.264 e. The predicted molar refractivity (Wildman–Crippen MR) is 84.1 cm³/mol. The van der Waals surface area contributed by atoms with Gasteiger partial charge in [0.15, 0.2) is 5.00 Å². The molecular weight excluding hydrogens is 284 g/mol. The number of unbranched alkanes of at least 4 members (excludes halogenated alkanes) is 1. The number of hydrogen-bond donors (Lipinski definition) is 0. The molecule has 0 aliphatic carbocycles. The minimum Gasteiger partial charge on any atom is -0.264 e. The fourth-order valence-electron chi connectivity index (χ4n) is 2.28. The van der Waals surface area contributed by atoms with Crippen LogP contribution in [0.15, 0.2) is 21.4 Å². The Bertz CT molecular complexity index is 709. The fourth-order valence-corrected chi connectivity index (χ4v) is 2.87. The third kappa shape index (κ3) is 2.65. The van der Waals surface area contributed by atoms with Gasteiger partial charge < -0.3 is 0 Å². The van der Waals surface area contributed by atoms with Crippen molar-refractivity contribution in [1.82, 2.24) is 14.2 Å². The number of nitrogens with zero attached hydrogens (tertiary/aromatic N) is 6. The summed E-state index contributed by atoms with van der Waals surface area (Å²) in [5.74, 6) is 1.05. The normalized spacial score (nSPS) is 14.0. The van der Waals surface area contributed by atoms with E-state index in [4.69, 9.17) is 0 Å². The summed E-state index contributed by atoms with van der Waals surface area (Å²) in [6.07, 6.45) is 5.06. The molecule has 0 saturated carbocycles. The van der Waals surface area contributed by atoms with E-state index in [0.717, 1.165) is 52.7 Å². The monoisotopic (exact) mass is 302 g/mol. The van der Waals surface area contributed by atoms with Crippen molar-refractivity contribution in [3.8, 4) is 0 Å². The molecule has 0 fully saturated rings. The summed E-state index contributed by atoms with van der Waals surface area (Å²) in [6.45, 7) is 6.79. The smallest absolute Gasteiger partial charge is 0.161 e. The molecule has 2 aromatic heterocycles. The van der Waals surface area contributed by atoms with E-state index in [-0.39, 0.29) is 0 Å². The van der Waals surface area contributed by atoms with Crippen LogP contribution >= 0.6 is 11.5 Å². The molecule has 0 unspecified atom stereocenters. The number of aromatic nitrogens is 3. The molecule has 3 rings (SSSR count). The third-order valence-electron chi connectivity index (χ3n) is 3.50. The number of azo groups is 1. The number of aliphatic imine (C=N–C) groups is 1. The first-order chi connectivity index (χ1) is 10.2. The van der Waals surface area contributed by atoms with E-state index in [1.165, 1.54) is 11.5 Å². The maximum absolute atomic E-state index is 4.57. The molecule has 0 aromatic carbocycles. The van der Waals surface area contributed by atoms with Crippen molar-refractivity contribution in [2.45, 2.75) is 46.6 Å². The SMILES string of the molecule is CCCCC1=NCc2c(N=Nc3sncc3C)c(C)nn21. The Balaban J connectivity index is 1.86. The van der Waals surface area contributed by atoms with E-state index >= 15 is 0 Å². The van der Waals surface area contributed by atoms with Crippen LogP contribution < -0.4 is 0 Å². The molecule has 1 aliphatic heterocycles. The van der Waals surface area contributed by atoms with Gasteiger partial charge in [0.05, 0.1) is 17.9 Å².